The highest BCUT2D eigenvalue weighted by Gasteiger charge is 2.11. The number of likely N-dealkylation sites (N-methyl/N-ethyl adjacent to an activating group) is 1. The summed E-state index contributed by atoms with van der Waals surface area (Å²) in [6, 6.07) is 17.8. The molecule has 0 N–H and O–H groups in total. The number of benzene rings is 2. The Balaban J connectivity index is 1.64. The van der Waals surface area contributed by atoms with Gasteiger partial charge < -0.3 is 4.90 Å². The standard InChI is InChI=1S/C19H21N3O/c1-21-11-13-22(14-12-21)20-15-19(23)18-9-7-17(8-10-18)16-5-3-2-4-6-16/h2-10,15H,11-14H2,1H3/b20-15-. The number of carbonyl (C=O) groups is 1. The summed E-state index contributed by atoms with van der Waals surface area (Å²) in [5.74, 6) is -0.0523. The van der Waals surface area contributed by atoms with E-state index in [9.17, 15) is 4.79 Å². The van der Waals surface area contributed by atoms with E-state index in [1.54, 1.807) is 0 Å². The largest absolute Gasteiger partial charge is 0.303 e. The first-order valence-electron chi connectivity index (χ1n) is 7.90. The molecule has 1 heterocycles. The molecule has 4 heteroatoms. The maximum Gasteiger partial charge on any atom is 0.205 e. The summed E-state index contributed by atoms with van der Waals surface area (Å²) in [7, 11) is 2.10. The highest BCUT2D eigenvalue weighted by Crippen LogP contribution is 2.19. The Bertz CT molecular complexity index is 672. The lowest BCUT2D eigenvalue weighted by molar-refractivity contribution is 0.106. The summed E-state index contributed by atoms with van der Waals surface area (Å²) in [6.45, 7) is 3.70. The van der Waals surface area contributed by atoms with Gasteiger partial charge in [0.15, 0.2) is 0 Å². The van der Waals surface area contributed by atoms with Gasteiger partial charge in [0.2, 0.25) is 5.78 Å². The van der Waals surface area contributed by atoms with Crippen molar-refractivity contribution in [2.45, 2.75) is 0 Å². The second-order valence-electron chi connectivity index (χ2n) is 5.81. The van der Waals surface area contributed by atoms with Crippen molar-refractivity contribution in [3.05, 3.63) is 60.2 Å². The van der Waals surface area contributed by atoms with E-state index < -0.39 is 0 Å². The third-order valence-corrected chi connectivity index (χ3v) is 4.09. The predicted octanol–water partition coefficient (Wildman–Crippen LogP) is 2.77. The van der Waals surface area contributed by atoms with Gasteiger partial charge in [-0.25, -0.2) is 0 Å². The molecule has 0 saturated carbocycles. The molecule has 0 amide bonds. The molecule has 3 rings (SSSR count). The Morgan fingerprint density at radius 1 is 0.913 bits per heavy atom. The summed E-state index contributed by atoms with van der Waals surface area (Å²) in [5.41, 5.74) is 2.93. The Morgan fingerprint density at radius 2 is 1.52 bits per heavy atom. The lowest BCUT2D eigenvalue weighted by Gasteiger charge is -2.30. The van der Waals surface area contributed by atoms with E-state index in [-0.39, 0.29) is 5.78 Å². The fourth-order valence-electron chi connectivity index (χ4n) is 2.58. The Hall–Kier alpha value is -2.46. The molecule has 0 spiro atoms. The van der Waals surface area contributed by atoms with Crippen molar-refractivity contribution in [1.82, 2.24) is 9.91 Å². The van der Waals surface area contributed by atoms with Gasteiger partial charge in [-0.2, -0.15) is 5.10 Å². The molecule has 2 aromatic carbocycles. The molecule has 1 aliphatic heterocycles. The van der Waals surface area contributed by atoms with E-state index in [4.69, 9.17) is 0 Å². The lowest BCUT2D eigenvalue weighted by Crippen LogP contribution is -2.41. The normalized spacial score (nSPS) is 16.0. The van der Waals surface area contributed by atoms with Crippen molar-refractivity contribution in [3.8, 4) is 11.1 Å². The van der Waals surface area contributed by atoms with Gasteiger partial charge in [-0.15, -0.1) is 0 Å². The number of nitrogens with zero attached hydrogens (tertiary/aromatic N) is 3. The molecule has 0 bridgehead atoms. The molecule has 118 valence electrons. The highest BCUT2D eigenvalue weighted by molar-refractivity contribution is 6.35. The van der Waals surface area contributed by atoms with Crippen LogP contribution in [0.5, 0.6) is 0 Å². The second kappa shape index (κ2) is 7.20. The van der Waals surface area contributed by atoms with E-state index >= 15 is 0 Å². The molecule has 1 fully saturated rings. The summed E-state index contributed by atoms with van der Waals surface area (Å²) in [6.07, 6.45) is 1.43. The van der Waals surface area contributed by atoms with Crippen molar-refractivity contribution in [2.75, 3.05) is 33.2 Å². The Morgan fingerprint density at radius 3 is 2.17 bits per heavy atom. The van der Waals surface area contributed by atoms with Crippen LogP contribution in [-0.4, -0.2) is 55.1 Å². The summed E-state index contributed by atoms with van der Waals surface area (Å²) in [5, 5.41) is 6.26. The monoisotopic (exact) mass is 307 g/mol. The van der Waals surface area contributed by atoms with Crippen molar-refractivity contribution in [3.63, 3.8) is 0 Å². The van der Waals surface area contributed by atoms with Crippen LogP contribution in [0.4, 0.5) is 0 Å². The van der Waals surface area contributed by atoms with Gasteiger partial charge in [-0.1, -0.05) is 54.6 Å². The average molecular weight is 307 g/mol. The van der Waals surface area contributed by atoms with Crippen LogP contribution in [0, 0.1) is 0 Å². The third-order valence-electron chi connectivity index (χ3n) is 4.09. The SMILES string of the molecule is CN1CCN(/N=C\C(=O)c2ccc(-c3ccccc3)cc2)CC1. The van der Waals surface area contributed by atoms with Crippen molar-refractivity contribution >= 4 is 12.0 Å². The molecule has 4 nitrogen and oxygen atoms in total. The fourth-order valence-corrected chi connectivity index (χ4v) is 2.58. The molecular weight excluding hydrogens is 286 g/mol. The number of hydrogen-bond donors (Lipinski definition) is 0. The maximum absolute atomic E-state index is 12.2. The smallest absolute Gasteiger partial charge is 0.205 e. The number of rotatable bonds is 4. The van der Waals surface area contributed by atoms with Crippen LogP contribution in [0.25, 0.3) is 11.1 Å². The van der Waals surface area contributed by atoms with Gasteiger partial charge in [0.05, 0.1) is 6.21 Å². The zero-order chi connectivity index (χ0) is 16.1. The molecule has 0 unspecified atom stereocenters. The maximum atomic E-state index is 12.2. The number of Topliss-reactive ketones (excluding diaryl/α,β-unsaturated/α-hetero) is 1. The summed E-state index contributed by atoms with van der Waals surface area (Å²) in [4.78, 5) is 14.5. The van der Waals surface area contributed by atoms with Gasteiger partial charge in [-0.05, 0) is 18.2 Å². The first kappa shape index (κ1) is 15.4. The van der Waals surface area contributed by atoms with E-state index in [0.29, 0.717) is 5.56 Å². The minimum atomic E-state index is -0.0523. The average Bonchev–Trinajstić information content (AvgIpc) is 2.62. The van der Waals surface area contributed by atoms with Crippen LogP contribution < -0.4 is 0 Å². The highest BCUT2D eigenvalue weighted by atomic mass is 16.1. The van der Waals surface area contributed by atoms with E-state index in [1.807, 2.05) is 47.5 Å². The quantitative estimate of drug-likeness (QED) is 0.644. The van der Waals surface area contributed by atoms with Gasteiger partial charge in [0, 0.05) is 31.7 Å². The van der Waals surface area contributed by atoms with Crippen LogP contribution in [-0.2, 0) is 0 Å². The molecule has 0 radical (unpaired) electrons. The first-order chi connectivity index (χ1) is 11.2. The number of piperazine rings is 1. The third kappa shape index (κ3) is 4.05. The zero-order valence-corrected chi connectivity index (χ0v) is 13.4. The van der Waals surface area contributed by atoms with Gasteiger partial charge in [-0.3, -0.25) is 9.80 Å². The van der Waals surface area contributed by atoms with Crippen LogP contribution in [0.15, 0.2) is 59.7 Å². The van der Waals surface area contributed by atoms with Crippen LogP contribution in [0.3, 0.4) is 0 Å². The topological polar surface area (TPSA) is 35.9 Å². The van der Waals surface area contributed by atoms with Crippen LogP contribution in [0.2, 0.25) is 0 Å². The summed E-state index contributed by atoms with van der Waals surface area (Å²) < 4.78 is 0. The first-order valence-corrected chi connectivity index (χ1v) is 7.90. The Kier molecular flexibility index (Phi) is 4.83. The molecule has 1 aliphatic rings. The van der Waals surface area contributed by atoms with Gasteiger partial charge in [0.1, 0.15) is 0 Å². The van der Waals surface area contributed by atoms with Crippen molar-refractivity contribution < 1.29 is 4.79 Å². The minimum Gasteiger partial charge on any atom is -0.303 e. The predicted molar refractivity (Wildman–Crippen MR) is 93.8 cm³/mol. The number of carbonyl (C=O) groups excluding carboxylic acids is 1. The van der Waals surface area contributed by atoms with Crippen LogP contribution in [0.1, 0.15) is 10.4 Å². The van der Waals surface area contributed by atoms with Gasteiger partial charge in [0.25, 0.3) is 0 Å². The number of ketones is 1. The Labute approximate surface area is 137 Å². The number of hydrazone groups is 1. The second-order valence-corrected chi connectivity index (χ2v) is 5.81. The van der Waals surface area contributed by atoms with Crippen molar-refractivity contribution in [1.29, 1.82) is 0 Å². The lowest BCUT2D eigenvalue weighted by atomic mass is 10.0. The molecule has 1 saturated heterocycles. The molecular formula is C19H21N3O. The van der Waals surface area contributed by atoms with E-state index in [0.717, 1.165) is 37.3 Å². The molecule has 0 atom stereocenters. The van der Waals surface area contributed by atoms with E-state index in [1.165, 1.54) is 6.21 Å². The minimum absolute atomic E-state index is 0.0523. The number of hydrogen-bond acceptors (Lipinski definition) is 4. The van der Waals surface area contributed by atoms with Gasteiger partial charge >= 0.3 is 0 Å². The summed E-state index contributed by atoms with van der Waals surface area (Å²) >= 11 is 0. The molecule has 23 heavy (non-hydrogen) atoms. The molecule has 0 aromatic heterocycles. The molecule has 0 aliphatic carbocycles. The molecule has 2 aromatic rings. The van der Waals surface area contributed by atoms with E-state index in [2.05, 4.69) is 29.2 Å². The fraction of sp³-hybridized carbons (Fsp3) is 0.263. The van der Waals surface area contributed by atoms with Crippen molar-refractivity contribution in [2.24, 2.45) is 5.10 Å². The zero-order valence-electron chi connectivity index (χ0n) is 13.4. The van der Waals surface area contributed by atoms with Crippen LogP contribution >= 0.6 is 0 Å².